The first kappa shape index (κ1) is 12.5. The summed E-state index contributed by atoms with van der Waals surface area (Å²) < 4.78 is 1.73. The minimum atomic E-state index is 0.0780. The quantitative estimate of drug-likeness (QED) is 0.791. The summed E-state index contributed by atoms with van der Waals surface area (Å²) >= 11 is 5.87. The van der Waals surface area contributed by atoms with E-state index in [0.717, 1.165) is 31.4 Å². The minimum Gasteiger partial charge on any atom is -0.339 e. The summed E-state index contributed by atoms with van der Waals surface area (Å²) in [5, 5.41) is 4.21. The van der Waals surface area contributed by atoms with Crippen LogP contribution in [-0.2, 0) is 0 Å². The van der Waals surface area contributed by atoms with E-state index in [1.165, 1.54) is 0 Å². The molecule has 0 unspecified atom stereocenters. The monoisotopic (exact) mass is 277 g/mol. The average Bonchev–Trinajstić information content (AvgIpc) is 2.90. The number of carbonyl (C=O) groups is 1. The van der Waals surface area contributed by atoms with Gasteiger partial charge in [-0.3, -0.25) is 4.79 Å². The fourth-order valence-electron chi connectivity index (χ4n) is 2.56. The van der Waals surface area contributed by atoms with Crippen LogP contribution >= 0.6 is 11.6 Å². The Balaban J connectivity index is 1.81. The van der Waals surface area contributed by atoms with Crippen LogP contribution in [-0.4, -0.2) is 39.4 Å². The Bertz CT molecular complexity index is 587. The third-order valence-corrected chi connectivity index (χ3v) is 4.21. The third kappa shape index (κ3) is 2.32. The van der Waals surface area contributed by atoms with Crippen LogP contribution in [0.4, 0.5) is 0 Å². The molecule has 1 saturated heterocycles. The topological polar surface area (TPSA) is 37.6 Å². The lowest BCUT2D eigenvalue weighted by molar-refractivity contribution is 0.0700. The van der Waals surface area contributed by atoms with Gasteiger partial charge < -0.3 is 4.90 Å². The van der Waals surface area contributed by atoms with Crippen molar-refractivity contribution in [1.29, 1.82) is 0 Å². The fraction of sp³-hybridized carbons (Fsp3) is 0.429. The molecular formula is C14H16ClN3O. The van der Waals surface area contributed by atoms with E-state index < -0.39 is 0 Å². The Kier molecular flexibility index (Phi) is 3.42. The second-order valence-electron chi connectivity index (χ2n) is 4.98. The van der Waals surface area contributed by atoms with Crippen LogP contribution in [0.1, 0.15) is 23.2 Å². The molecule has 0 N–H and O–H groups in total. The smallest absolute Gasteiger partial charge is 0.257 e. The van der Waals surface area contributed by atoms with Crippen molar-refractivity contribution in [3.8, 4) is 0 Å². The summed E-state index contributed by atoms with van der Waals surface area (Å²) in [6.07, 6.45) is 5.50. The van der Waals surface area contributed by atoms with Crippen molar-refractivity contribution >= 4 is 23.0 Å². The van der Waals surface area contributed by atoms with Crippen molar-refractivity contribution in [3.05, 3.63) is 36.2 Å². The van der Waals surface area contributed by atoms with Gasteiger partial charge in [0.15, 0.2) is 0 Å². The maximum absolute atomic E-state index is 12.5. The van der Waals surface area contributed by atoms with E-state index in [9.17, 15) is 4.79 Å². The van der Waals surface area contributed by atoms with Crippen LogP contribution in [0.5, 0.6) is 0 Å². The van der Waals surface area contributed by atoms with Gasteiger partial charge in [0, 0.05) is 25.2 Å². The molecule has 0 aliphatic carbocycles. The van der Waals surface area contributed by atoms with Crippen LogP contribution in [0.25, 0.3) is 5.52 Å². The predicted octanol–water partition coefficient (Wildman–Crippen LogP) is 2.43. The molecule has 0 saturated carbocycles. The molecule has 19 heavy (non-hydrogen) atoms. The number of hydrogen-bond donors (Lipinski definition) is 0. The Labute approximate surface area is 117 Å². The molecule has 2 aromatic heterocycles. The zero-order valence-corrected chi connectivity index (χ0v) is 11.4. The highest BCUT2D eigenvalue weighted by Crippen LogP contribution is 2.21. The number of fused-ring (bicyclic) bond motifs is 1. The predicted molar refractivity (Wildman–Crippen MR) is 74.5 cm³/mol. The fourth-order valence-corrected chi connectivity index (χ4v) is 2.87. The number of pyridine rings is 1. The highest BCUT2D eigenvalue weighted by atomic mass is 35.5. The summed E-state index contributed by atoms with van der Waals surface area (Å²) in [5.41, 5.74) is 1.55. The second-order valence-corrected chi connectivity index (χ2v) is 5.29. The Morgan fingerprint density at radius 3 is 2.89 bits per heavy atom. The Morgan fingerprint density at radius 1 is 1.37 bits per heavy atom. The molecule has 3 heterocycles. The molecule has 1 aliphatic rings. The number of piperidine rings is 1. The molecule has 0 bridgehead atoms. The van der Waals surface area contributed by atoms with Gasteiger partial charge in [-0.2, -0.15) is 5.10 Å². The van der Waals surface area contributed by atoms with Gasteiger partial charge in [-0.15, -0.1) is 11.6 Å². The van der Waals surface area contributed by atoms with E-state index in [1.807, 2.05) is 29.3 Å². The van der Waals surface area contributed by atoms with Crippen molar-refractivity contribution in [3.63, 3.8) is 0 Å². The van der Waals surface area contributed by atoms with Crippen LogP contribution in [0.3, 0.4) is 0 Å². The molecule has 0 aromatic carbocycles. The average molecular weight is 278 g/mol. The first-order valence-electron chi connectivity index (χ1n) is 6.57. The normalized spacial score (nSPS) is 17.0. The van der Waals surface area contributed by atoms with Crippen molar-refractivity contribution in [2.75, 3.05) is 19.0 Å². The van der Waals surface area contributed by atoms with Gasteiger partial charge >= 0.3 is 0 Å². The van der Waals surface area contributed by atoms with E-state index in [1.54, 1.807) is 10.7 Å². The minimum absolute atomic E-state index is 0.0780. The number of rotatable bonds is 2. The number of amides is 1. The van der Waals surface area contributed by atoms with Gasteiger partial charge in [-0.25, -0.2) is 4.52 Å². The Hall–Kier alpha value is -1.55. The van der Waals surface area contributed by atoms with E-state index >= 15 is 0 Å². The number of halogens is 1. The van der Waals surface area contributed by atoms with E-state index in [-0.39, 0.29) is 5.91 Å². The largest absolute Gasteiger partial charge is 0.339 e. The van der Waals surface area contributed by atoms with E-state index in [4.69, 9.17) is 11.6 Å². The third-order valence-electron chi connectivity index (χ3n) is 3.78. The first-order valence-corrected chi connectivity index (χ1v) is 7.10. The molecule has 0 radical (unpaired) electrons. The van der Waals surface area contributed by atoms with Gasteiger partial charge in [0.25, 0.3) is 5.91 Å². The number of hydrogen-bond acceptors (Lipinski definition) is 2. The zero-order chi connectivity index (χ0) is 13.2. The molecule has 100 valence electrons. The van der Waals surface area contributed by atoms with Crippen molar-refractivity contribution in [2.24, 2.45) is 5.92 Å². The number of nitrogens with zero attached hydrogens (tertiary/aromatic N) is 3. The standard InChI is InChI=1S/C14H16ClN3O/c15-9-11-4-7-17(8-5-11)14(19)12-10-16-18-6-2-1-3-13(12)18/h1-3,6,10-11H,4-5,7-9H2. The van der Waals surface area contributed by atoms with Gasteiger partial charge in [0.1, 0.15) is 0 Å². The SMILES string of the molecule is O=C(c1cnn2ccccc12)N1CCC(CCl)CC1. The molecule has 2 aromatic rings. The van der Waals surface area contributed by atoms with Crippen molar-refractivity contribution in [1.82, 2.24) is 14.5 Å². The van der Waals surface area contributed by atoms with Crippen LogP contribution in [0, 0.1) is 5.92 Å². The highest BCUT2D eigenvalue weighted by Gasteiger charge is 2.24. The zero-order valence-electron chi connectivity index (χ0n) is 10.6. The molecule has 1 amide bonds. The maximum atomic E-state index is 12.5. The molecule has 0 spiro atoms. The molecule has 4 nitrogen and oxygen atoms in total. The van der Waals surface area contributed by atoms with Crippen molar-refractivity contribution in [2.45, 2.75) is 12.8 Å². The lowest BCUT2D eigenvalue weighted by Crippen LogP contribution is -2.38. The lowest BCUT2D eigenvalue weighted by atomic mass is 9.98. The van der Waals surface area contributed by atoms with Gasteiger partial charge in [-0.05, 0) is 30.9 Å². The number of aromatic nitrogens is 2. The molecule has 0 atom stereocenters. The summed E-state index contributed by atoms with van der Waals surface area (Å²) in [7, 11) is 0. The number of likely N-dealkylation sites (tertiary alicyclic amines) is 1. The first-order chi connectivity index (χ1) is 9.29. The van der Waals surface area contributed by atoms with Crippen molar-refractivity contribution < 1.29 is 4.79 Å². The molecule has 1 aliphatic heterocycles. The second kappa shape index (κ2) is 5.21. The van der Waals surface area contributed by atoms with E-state index in [2.05, 4.69) is 5.10 Å². The van der Waals surface area contributed by atoms with Crippen LogP contribution < -0.4 is 0 Å². The molecule has 3 rings (SSSR count). The Morgan fingerprint density at radius 2 is 2.16 bits per heavy atom. The highest BCUT2D eigenvalue weighted by molar-refractivity contribution is 6.18. The van der Waals surface area contributed by atoms with Crippen LogP contribution in [0.2, 0.25) is 0 Å². The summed E-state index contributed by atoms with van der Waals surface area (Å²) in [4.78, 5) is 14.4. The van der Waals surface area contributed by atoms with Gasteiger partial charge in [0.2, 0.25) is 0 Å². The van der Waals surface area contributed by atoms with Crippen LogP contribution in [0.15, 0.2) is 30.6 Å². The number of alkyl halides is 1. The van der Waals surface area contributed by atoms with Gasteiger partial charge in [0.05, 0.1) is 17.3 Å². The molecule has 1 fully saturated rings. The maximum Gasteiger partial charge on any atom is 0.257 e. The summed E-state index contributed by atoms with van der Waals surface area (Å²) in [6, 6.07) is 5.75. The summed E-state index contributed by atoms with van der Waals surface area (Å²) in [5.74, 6) is 1.32. The summed E-state index contributed by atoms with van der Waals surface area (Å²) in [6.45, 7) is 1.58. The van der Waals surface area contributed by atoms with Gasteiger partial charge in [-0.1, -0.05) is 6.07 Å². The van der Waals surface area contributed by atoms with E-state index in [0.29, 0.717) is 17.4 Å². The number of carbonyl (C=O) groups excluding carboxylic acids is 1. The molecule has 5 heteroatoms. The lowest BCUT2D eigenvalue weighted by Gasteiger charge is -2.30. The molecular weight excluding hydrogens is 262 g/mol.